The van der Waals surface area contributed by atoms with E-state index in [0.717, 1.165) is 5.75 Å². The predicted molar refractivity (Wildman–Crippen MR) is 60.8 cm³/mol. The molecule has 72 valence electrons. The molecule has 0 spiro atoms. The Labute approximate surface area is 83.7 Å². The zero-order valence-electron chi connectivity index (χ0n) is 8.08. The van der Waals surface area contributed by atoms with Gasteiger partial charge < -0.3 is 11.5 Å². The van der Waals surface area contributed by atoms with Crippen LogP contribution in [-0.4, -0.2) is 5.75 Å². The topological polar surface area (TPSA) is 52.0 Å². The van der Waals surface area contributed by atoms with E-state index in [9.17, 15) is 0 Å². The van der Waals surface area contributed by atoms with Crippen molar-refractivity contribution in [3.8, 4) is 0 Å². The quantitative estimate of drug-likeness (QED) is 0.577. The SMILES string of the molecule is CC(C)CSc1ccc(N)c(N)c1. The second-order valence-corrected chi connectivity index (χ2v) is 4.59. The molecule has 0 aliphatic carbocycles. The van der Waals surface area contributed by atoms with E-state index in [-0.39, 0.29) is 0 Å². The van der Waals surface area contributed by atoms with Crippen molar-refractivity contribution < 1.29 is 0 Å². The summed E-state index contributed by atoms with van der Waals surface area (Å²) in [7, 11) is 0. The maximum Gasteiger partial charge on any atom is 0.0559 e. The molecule has 0 atom stereocenters. The number of hydrogen-bond donors (Lipinski definition) is 2. The van der Waals surface area contributed by atoms with Crippen molar-refractivity contribution in [2.45, 2.75) is 18.7 Å². The number of hydrogen-bond acceptors (Lipinski definition) is 3. The first-order chi connectivity index (χ1) is 6.09. The summed E-state index contributed by atoms with van der Waals surface area (Å²) in [5.41, 5.74) is 12.6. The van der Waals surface area contributed by atoms with E-state index in [1.54, 1.807) is 0 Å². The van der Waals surface area contributed by atoms with Crippen LogP contribution in [-0.2, 0) is 0 Å². The van der Waals surface area contributed by atoms with Gasteiger partial charge in [-0.25, -0.2) is 0 Å². The number of thioether (sulfide) groups is 1. The molecule has 0 heterocycles. The molecule has 1 rings (SSSR count). The molecular weight excluding hydrogens is 180 g/mol. The Morgan fingerprint density at radius 2 is 1.92 bits per heavy atom. The maximum atomic E-state index is 5.69. The number of nitrogen functional groups attached to an aromatic ring is 2. The first-order valence-corrected chi connectivity index (χ1v) is 5.36. The first-order valence-electron chi connectivity index (χ1n) is 4.37. The fourth-order valence-corrected chi connectivity index (χ4v) is 1.81. The Morgan fingerprint density at radius 1 is 1.23 bits per heavy atom. The van der Waals surface area contributed by atoms with Crippen molar-refractivity contribution in [3.05, 3.63) is 18.2 Å². The van der Waals surface area contributed by atoms with E-state index < -0.39 is 0 Å². The monoisotopic (exact) mass is 196 g/mol. The van der Waals surface area contributed by atoms with Gasteiger partial charge in [0.15, 0.2) is 0 Å². The van der Waals surface area contributed by atoms with Crippen LogP contribution in [0.15, 0.2) is 23.1 Å². The van der Waals surface area contributed by atoms with Gasteiger partial charge in [-0.2, -0.15) is 0 Å². The summed E-state index contributed by atoms with van der Waals surface area (Å²) in [4.78, 5) is 1.19. The lowest BCUT2D eigenvalue weighted by Crippen LogP contribution is -1.95. The van der Waals surface area contributed by atoms with Crippen molar-refractivity contribution in [1.82, 2.24) is 0 Å². The fourth-order valence-electron chi connectivity index (χ4n) is 0.906. The number of nitrogens with two attached hydrogens (primary N) is 2. The minimum atomic E-state index is 0.661. The van der Waals surface area contributed by atoms with Crippen LogP contribution >= 0.6 is 11.8 Å². The molecule has 0 bridgehead atoms. The molecule has 3 heteroatoms. The van der Waals surface area contributed by atoms with Gasteiger partial charge >= 0.3 is 0 Å². The summed E-state index contributed by atoms with van der Waals surface area (Å²) in [6, 6.07) is 5.80. The molecule has 0 aliphatic rings. The highest BCUT2D eigenvalue weighted by Crippen LogP contribution is 2.25. The molecule has 0 fully saturated rings. The maximum absolute atomic E-state index is 5.69. The number of benzene rings is 1. The van der Waals surface area contributed by atoms with Crippen LogP contribution in [0.1, 0.15) is 13.8 Å². The van der Waals surface area contributed by atoms with Gasteiger partial charge in [0.1, 0.15) is 0 Å². The summed E-state index contributed by atoms with van der Waals surface area (Å²) in [5, 5.41) is 0. The van der Waals surface area contributed by atoms with Crippen LogP contribution < -0.4 is 11.5 Å². The Morgan fingerprint density at radius 3 is 2.46 bits per heavy atom. The molecule has 1 aromatic carbocycles. The van der Waals surface area contributed by atoms with Gasteiger partial charge in [0.05, 0.1) is 11.4 Å². The van der Waals surface area contributed by atoms with Gasteiger partial charge in [0.2, 0.25) is 0 Å². The molecule has 0 radical (unpaired) electrons. The van der Waals surface area contributed by atoms with Gasteiger partial charge in [0, 0.05) is 10.6 Å². The predicted octanol–water partition coefficient (Wildman–Crippen LogP) is 2.60. The second kappa shape index (κ2) is 4.42. The molecule has 13 heavy (non-hydrogen) atoms. The van der Waals surface area contributed by atoms with E-state index in [1.165, 1.54) is 4.90 Å². The van der Waals surface area contributed by atoms with Crippen LogP contribution in [0, 0.1) is 5.92 Å². The average molecular weight is 196 g/mol. The summed E-state index contributed by atoms with van der Waals surface area (Å²) in [5.74, 6) is 1.81. The lowest BCUT2D eigenvalue weighted by molar-refractivity contribution is 0.750. The minimum absolute atomic E-state index is 0.661. The van der Waals surface area contributed by atoms with Crippen molar-refractivity contribution in [3.63, 3.8) is 0 Å². The molecule has 0 saturated heterocycles. The summed E-state index contributed by atoms with van der Waals surface area (Å²) >= 11 is 1.82. The Hall–Kier alpha value is -0.830. The average Bonchev–Trinajstić information content (AvgIpc) is 2.07. The van der Waals surface area contributed by atoms with Crippen LogP contribution in [0.25, 0.3) is 0 Å². The molecular formula is C10H16N2S. The van der Waals surface area contributed by atoms with Crippen molar-refractivity contribution >= 4 is 23.1 Å². The number of anilines is 2. The van der Waals surface area contributed by atoms with Gasteiger partial charge in [-0.05, 0) is 24.1 Å². The van der Waals surface area contributed by atoms with E-state index in [0.29, 0.717) is 17.3 Å². The molecule has 1 aromatic rings. The highest BCUT2D eigenvalue weighted by molar-refractivity contribution is 7.99. The van der Waals surface area contributed by atoms with E-state index in [1.807, 2.05) is 30.0 Å². The van der Waals surface area contributed by atoms with Crippen molar-refractivity contribution in [2.75, 3.05) is 17.2 Å². The van der Waals surface area contributed by atoms with E-state index in [4.69, 9.17) is 11.5 Å². The van der Waals surface area contributed by atoms with Crippen LogP contribution in [0.5, 0.6) is 0 Å². The van der Waals surface area contributed by atoms with Gasteiger partial charge in [-0.15, -0.1) is 11.8 Å². The van der Waals surface area contributed by atoms with E-state index >= 15 is 0 Å². The molecule has 4 N–H and O–H groups in total. The summed E-state index contributed by atoms with van der Waals surface area (Å²) < 4.78 is 0. The van der Waals surface area contributed by atoms with E-state index in [2.05, 4.69) is 13.8 Å². The number of rotatable bonds is 3. The highest BCUT2D eigenvalue weighted by Gasteiger charge is 1.99. The molecule has 0 unspecified atom stereocenters. The third-order valence-electron chi connectivity index (χ3n) is 1.64. The van der Waals surface area contributed by atoms with Crippen LogP contribution in [0.3, 0.4) is 0 Å². The first kappa shape index (κ1) is 10.3. The Balaban J connectivity index is 2.63. The molecule has 0 aliphatic heterocycles. The van der Waals surface area contributed by atoms with Crippen molar-refractivity contribution in [1.29, 1.82) is 0 Å². The molecule has 0 saturated carbocycles. The third kappa shape index (κ3) is 3.19. The smallest absolute Gasteiger partial charge is 0.0559 e. The summed E-state index contributed by atoms with van der Waals surface area (Å²) in [6.07, 6.45) is 0. The lowest BCUT2D eigenvalue weighted by atomic mass is 10.3. The zero-order valence-corrected chi connectivity index (χ0v) is 8.90. The van der Waals surface area contributed by atoms with Crippen LogP contribution in [0.4, 0.5) is 11.4 Å². The normalized spacial score (nSPS) is 10.7. The molecule has 2 nitrogen and oxygen atoms in total. The standard InChI is InChI=1S/C10H16N2S/c1-7(2)6-13-8-3-4-9(11)10(12)5-8/h3-5,7H,6,11-12H2,1-2H3. The fraction of sp³-hybridized carbons (Fsp3) is 0.400. The highest BCUT2D eigenvalue weighted by atomic mass is 32.2. The lowest BCUT2D eigenvalue weighted by Gasteiger charge is -2.06. The zero-order chi connectivity index (χ0) is 9.84. The van der Waals surface area contributed by atoms with Gasteiger partial charge in [0.25, 0.3) is 0 Å². The third-order valence-corrected chi connectivity index (χ3v) is 3.06. The molecule has 0 amide bonds. The minimum Gasteiger partial charge on any atom is -0.397 e. The van der Waals surface area contributed by atoms with Crippen LogP contribution in [0.2, 0.25) is 0 Å². The van der Waals surface area contributed by atoms with Crippen molar-refractivity contribution in [2.24, 2.45) is 5.92 Å². The second-order valence-electron chi connectivity index (χ2n) is 3.50. The Bertz CT molecular complexity index is 284. The van der Waals surface area contributed by atoms with Gasteiger partial charge in [-0.1, -0.05) is 13.8 Å². The summed E-state index contributed by atoms with van der Waals surface area (Å²) in [6.45, 7) is 4.40. The van der Waals surface area contributed by atoms with Gasteiger partial charge in [-0.3, -0.25) is 0 Å². The largest absolute Gasteiger partial charge is 0.397 e. The molecule has 0 aromatic heterocycles. The Kier molecular flexibility index (Phi) is 3.48.